The number of nitrogens with zero attached hydrogens (tertiary/aromatic N) is 2. The van der Waals surface area contributed by atoms with Crippen molar-refractivity contribution in [1.29, 1.82) is 0 Å². The molecule has 4 rings (SSSR count). The Balaban J connectivity index is 1.28. The van der Waals surface area contributed by atoms with E-state index >= 15 is 0 Å². The first-order chi connectivity index (χ1) is 17.3. The molecule has 1 amide bonds. The monoisotopic (exact) mass is 562 g/mol. The predicted molar refractivity (Wildman–Crippen MR) is 152 cm³/mol. The Bertz CT molecular complexity index is 1230. The Labute approximate surface area is 231 Å². The highest BCUT2D eigenvalue weighted by atomic mass is 35.5. The lowest BCUT2D eigenvalue weighted by molar-refractivity contribution is 0.0977. The van der Waals surface area contributed by atoms with Crippen molar-refractivity contribution in [2.75, 3.05) is 43.5 Å². The molecule has 3 aromatic carbocycles. The van der Waals surface area contributed by atoms with Gasteiger partial charge < -0.3 is 15.0 Å². The molecule has 2 N–H and O–H groups in total. The molecule has 0 spiro atoms. The standard InChI is InChI=1S/C26H25Cl3N4O2S/c1-35-24-22(28)14-18(15-23(24)29)25(34)31-26(36)30-19-6-8-20(9-7-19)33-12-10-32(11-13-33)16-17-4-2-3-5-21(17)27/h2-9,14-15H,10-13,16H2,1H3,(H2,30,31,34,36). The van der Waals surface area contributed by atoms with Crippen LogP contribution in [0.2, 0.25) is 15.1 Å². The van der Waals surface area contributed by atoms with E-state index in [4.69, 9.17) is 51.8 Å². The number of carbonyl (C=O) groups is 1. The number of halogens is 3. The van der Waals surface area contributed by atoms with Crippen molar-refractivity contribution in [3.05, 3.63) is 86.9 Å². The van der Waals surface area contributed by atoms with E-state index < -0.39 is 5.91 Å². The van der Waals surface area contributed by atoms with Crippen LogP contribution in [0.3, 0.4) is 0 Å². The van der Waals surface area contributed by atoms with Gasteiger partial charge in [-0.15, -0.1) is 0 Å². The van der Waals surface area contributed by atoms with Crippen molar-refractivity contribution in [1.82, 2.24) is 10.2 Å². The number of benzene rings is 3. The van der Waals surface area contributed by atoms with Crippen LogP contribution in [0.1, 0.15) is 15.9 Å². The molecule has 0 aromatic heterocycles. The molecule has 0 unspecified atom stereocenters. The molecule has 1 fully saturated rings. The molecule has 3 aromatic rings. The fourth-order valence-electron chi connectivity index (χ4n) is 4.01. The van der Waals surface area contributed by atoms with E-state index in [2.05, 4.69) is 26.5 Å². The summed E-state index contributed by atoms with van der Waals surface area (Å²) in [5, 5.41) is 7.15. The zero-order valence-corrected chi connectivity index (χ0v) is 22.6. The lowest BCUT2D eigenvalue weighted by atomic mass is 10.2. The van der Waals surface area contributed by atoms with Crippen LogP contribution >= 0.6 is 47.0 Å². The topological polar surface area (TPSA) is 56.8 Å². The highest BCUT2D eigenvalue weighted by molar-refractivity contribution is 7.80. The Kier molecular flexibility index (Phi) is 8.93. The van der Waals surface area contributed by atoms with Gasteiger partial charge in [0.15, 0.2) is 10.9 Å². The molecule has 0 atom stereocenters. The minimum Gasteiger partial charge on any atom is -0.494 e. The Morgan fingerprint density at radius 2 is 1.58 bits per heavy atom. The van der Waals surface area contributed by atoms with E-state index in [0.717, 1.165) is 54.7 Å². The third kappa shape index (κ3) is 6.60. The van der Waals surface area contributed by atoms with Crippen LogP contribution in [0, 0.1) is 0 Å². The Hall–Kier alpha value is -2.55. The number of anilines is 2. The average molecular weight is 564 g/mol. The maximum absolute atomic E-state index is 12.6. The van der Waals surface area contributed by atoms with Gasteiger partial charge in [-0.25, -0.2) is 0 Å². The predicted octanol–water partition coefficient (Wildman–Crippen LogP) is 6.10. The van der Waals surface area contributed by atoms with Gasteiger partial charge in [-0.05, 0) is 60.2 Å². The van der Waals surface area contributed by atoms with Crippen LogP contribution in [0.15, 0.2) is 60.7 Å². The summed E-state index contributed by atoms with van der Waals surface area (Å²) in [5.74, 6) is -0.108. The van der Waals surface area contributed by atoms with Gasteiger partial charge in [0.1, 0.15) is 0 Å². The van der Waals surface area contributed by atoms with Crippen LogP contribution in [0.25, 0.3) is 0 Å². The summed E-state index contributed by atoms with van der Waals surface area (Å²) in [6, 6.07) is 18.9. The molecule has 1 aliphatic heterocycles. The number of piperazine rings is 1. The second-order valence-corrected chi connectivity index (χ2v) is 9.91. The highest BCUT2D eigenvalue weighted by Crippen LogP contribution is 2.33. The summed E-state index contributed by atoms with van der Waals surface area (Å²) in [5.41, 5.74) is 3.34. The summed E-state index contributed by atoms with van der Waals surface area (Å²) >= 11 is 23.9. The van der Waals surface area contributed by atoms with Gasteiger partial charge in [0.05, 0.1) is 17.2 Å². The van der Waals surface area contributed by atoms with E-state index in [1.54, 1.807) is 0 Å². The van der Waals surface area contributed by atoms with E-state index in [1.165, 1.54) is 19.2 Å². The van der Waals surface area contributed by atoms with E-state index in [1.807, 2.05) is 42.5 Å². The molecule has 0 radical (unpaired) electrons. The minimum atomic E-state index is -0.426. The van der Waals surface area contributed by atoms with Gasteiger partial charge in [-0.3, -0.25) is 15.0 Å². The minimum absolute atomic E-state index is 0.170. The van der Waals surface area contributed by atoms with Gasteiger partial charge in [-0.1, -0.05) is 53.0 Å². The number of hydrogen-bond donors (Lipinski definition) is 2. The SMILES string of the molecule is COc1c(Cl)cc(C(=O)NC(=S)Nc2ccc(N3CCN(Cc4ccccc4Cl)CC3)cc2)cc1Cl. The van der Waals surface area contributed by atoms with Gasteiger partial charge >= 0.3 is 0 Å². The number of amides is 1. The molecule has 1 aliphatic rings. The zero-order valence-electron chi connectivity index (χ0n) is 19.6. The molecule has 0 bridgehead atoms. The van der Waals surface area contributed by atoms with Crippen LogP contribution in [-0.4, -0.2) is 49.2 Å². The molecule has 1 heterocycles. The van der Waals surface area contributed by atoms with E-state index in [0.29, 0.717) is 5.75 Å². The van der Waals surface area contributed by atoms with Gasteiger partial charge in [0, 0.05) is 54.7 Å². The molecule has 10 heteroatoms. The summed E-state index contributed by atoms with van der Waals surface area (Å²) in [4.78, 5) is 17.3. The first-order valence-electron chi connectivity index (χ1n) is 11.3. The van der Waals surface area contributed by atoms with Crippen molar-refractivity contribution < 1.29 is 9.53 Å². The van der Waals surface area contributed by atoms with Crippen LogP contribution < -0.4 is 20.3 Å². The molecule has 6 nitrogen and oxygen atoms in total. The lowest BCUT2D eigenvalue weighted by Crippen LogP contribution is -2.46. The maximum atomic E-state index is 12.6. The number of rotatable bonds is 6. The smallest absolute Gasteiger partial charge is 0.257 e. The molecule has 0 aliphatic carbocycles. The number of methoxy groups -OCH3 is 1. The first-order valence-corrected chi connectivity index (χ1v) is 12.8. The number of carbonyl (C=O) groups excluding carboxylic acids is 1. The third-order valence-corrected chi connectivity index (χ3v) is 7.04. The van der Waals surface area contributed by atoms with Crippen molar-refractivity contribution in [2.24, 2.45) is 0 Å². The summed E-state index contributed by atoms with van der Waals surface area (Å²) < 4.78 is 5.11. The second kappa shape index (κ2) is 12.1. The van der Waals surface area contributed by atoms with Gasteiger partial charge in [0.25, 0.3) is 5.91 Å². The van der Waals surface area contributed by atoms with Crippen molar-refractivity contribution in [3.63, 3.8) is 0 Å². The van der Waals surface area contributed by atoms with Crippen molar-refractivity contribution in [3.8, 4) is 5.75 Å². The fourth-order valence-corrected chi connectivity index (χ4v) is 5.06. The quantitative estimate of drug-likeness (QED) is 0.353. The number of thiocarbonyl (C=S) groups is 1. The fraction of sp³-hybridized carbons (Fsp3) is 0.231. The largest absolute Gasteiger partial charge is 0.494 e. The van der Waals surface area contributed by atoms with Crippen molar-refractivity contribution >= 4 is 69.4 Å². The molecule has 0 saturated carbocycles. The van der Waals surface area contributed by atoms with Crippen molar-refractivity contribution in [2.45, 2.75) is 6.54 Å². The van der Waals surface area contributed by atoms with Gasteiger partial charge in [-0.2, -0.15) is 0 Å². The summed E-state index contributed by atoms with van der Waals surface area (Å²) in [6.07, 6.45) is 0. The van der Waals surface area contributed by atoms with Crippen LogP contribution in [0.5, 0.6) is 5.75 Å². The van der Waals surface area contributed by atoms with Crippen LogP contribution in [0.4, 0.5) is 11.4 Å². The molecule has 36 heavy (non-hydrogen) atoms. The first kappa shape index (κ1) is 26.5. The lowest BCUT2D eigenvalue weighted by Gasteiger charge is -2.36. The van der Waals surface area contributed by atoms with E-state index in [9.17, 15) is 4.79 Å². The Morgan fingerprint density at radius 3 is 2.19 bits per heavy atom. The summed E-state index contributed by atoms with van der Waals surface area (Å²) in [7, 11) is 1.46. The van der Waals surface area contributed by atoms with Gasteiger partial charge in [0.2, 0.25) is 0 Å². The van der Waals surface area contributed by atoms with E-state index in [-0.39, 0.29) is 20.7 Å². The third-order valence-electron chi connectivity index (χ3n) is 5.91. The normalized spacial score (nSPS) is 13.8. The number of hydrogen-bond acceptors (Lipinski definition) is 5. The molecule has 188 valence electrons. The Morgan fingerprint density at radius 1 is 0.944 bits per heavy atom. The average Bonchev–Trinajstić information content (AvgIpc) is 2.86. The maximum Gasteiger partial charge on any atom is 0.257 e. The zero-order chi connectivity index (χ0) is 25.7. The number of ether oxygens (including phenoxy) is 1. The number of nitrogens with one attached hydrogen (secondary N) is 2. The second-order valence-electron chi connectivity index (χ2n) is 8.28. The molecule has 1 saturated heterocycles. The summed E-state index contributed by atoms with van der Waals surface area (Å²) in [6.45, 7) is 4.63. The molecular formula is C26H25Cl3N4O2S. The highest BCUT2D eigenvalue weighted by Gasteiger charge is 2.18. The van der Waals surface area contributed by atoms with Crippen LogP contribution in [-0.2, 0) is 6.54 Å². The molecular weight excluding hydrogens is 539 g/mol.